The van der Waals surface area contributed by atoms with Gasteiger partial charge in [0.15, 0.2) is 0 Å². The van der Waals surface area contributed by atoms with E-state index in [9.17, 15) is 13.6 Å². The number of rotatable bonds is 6. The average Bonchev–Trinajstić information content (AvgIpc) is 3.46. The molecule has 2 N–H and O–H groups in total. The van der Waals surface area contributed by atoms with Crippen molar-refractivity contribution in [3.8, 4) is 11.3 Å². The third-order valence-corrected chi connectivity index (χ3v) is 5.80. The topological polar surface area (TPSA) is 86.7 Å². The van der Waals surface area contributed by atoms with E-state index >= 15 is 0 Å². The molecule has 2 heterocycles. The van der Waals surface area contributed by atoms with E-state index in [0.717, 1.165) is 23.8 Å². The summed E-state index contributed by atoms with van der Waals surface area (Å²) in [5.74, 6) is -1.94. The van der Waals surface area contributed by atoms with Crippen LogP contribution in [0.4, 0.5) is 8.78 Å². The predicted molar refractivity (Wildman–Crippen MR) is 115 cm³/mol. The molecule has 2 aromatic heterocycles. The largest absolute Gasteiger partial charge is 0.366 e. The Morgan fingerprint density at radius 3 is 2.65 bits per heavy atom. The minimum atomic E-state index is -0.543. The van der Waals surface area contributed by atoms with Crippen molar-refractivity contribution in [3.05, 3.63) is 88.3 Å². The minimum absolute atomic E-state index is 0.130. The number of nitrogens with zero attached hydrogens (tertiary/aromatic N) is 4. The van der Waals surface area contributed by atoms with E-state index in [-0.39, 0.29) is 11.5 Å². The molecule has 0 saturated carbocycles. The van der Waals surface area contributed by atoms with Gasteiger partial charge in [-0.3, -0.25) is 4.79 Å². The molecule has 0 aliphatic carbocycles. The van der Waals surface area contributed by atoms with Crippen LogP contribution >= 0.6 is 11.3 Å². The number of hydrogen-bond donors (Lipinski definition) is 1. The summed E-state index contributed by atoms with van der Waals surface area (Å²) < 4.78 is 29.9. The zero-order valence-corrected chi connectivity index (χ0v) is 17.2. The summed E-state index contributed by atoms with van der Waals surface area (Å²) in [6.45, 7) is 1.87. The summed E-state index contributed by atoms with van der Waals surface area (Å²) in [5.41, 5.74) is 7.86. The van der Waals surface area contributed by atoms with Crippen molar-refractivity contribution in [2.24, 2.45) is 5.73 Å². The molecule has 9 heteroatoms. The number of thiazole rings is 1. The smallest absolute Gasteiger partial charge is 0.248 e. The summed E-state index contributed by atoms with van der Waals surface area (Å²) in [4.78, 5) is 19.8. The maximum Gasteiger partial charge on any atom is 0.248 e. The third kappa shape index (κ3) is 4.41. The minimum Gasteiger partial charge on any atom is -0.366 e. The predicted octanol–water partition coefficient (Wildman–Crippen LogP) is 4.58. The highest BCUT2D eigenvalue weighted by molar-refractivity contribution is 7.10. The molecule has 4 rings (SSSR count). The molecule has 6 nitrogen and oxygen atoms in total. The lowest BCUT2D eigenvalue weighted by Gasteiger charge is -2.15. The van der Waals surface area contributed by atoms with Gasteiger partial charge in [-0.05, 0) is 35.9 Å². The molecule has 4 aromatic rings. The molecule has 0 unspecified atom stereocenters. The zero-order valence-electron chi connectivity index (χ0n) is 16.4. The van der Waals surface area contributed by atoms with E-state index in [1.807, 2.05) is 12.3 Å². The van der Waals surface area contributed by atoms with E-state index in [1.54, 1.807) is 30.5 Å². The Kier molecular flexibility index (Phi) is 5.68. The molecule has 2 aromatic carbocycles. The molecule has 0 aliphatic heterocycles. The second-order valence-electron chi connectivity index (χ2n) is 6.82. The van der Waals surface area contributed by atoms with Crippen LogP contribution in [0.5, 0.6) is 0 Å². The maximum absolute atomic E-state index is 14.6. The van der Waals surface area contributed by atoms with Crippen LogP contribution in [-0.4, -0.2) is 25.7 Å². The van der Waals surface area contributed by atoms with Gasteiger partial charge in [0.1, 0.15) is 29.3 Å². The molecule has 0 radical (unpaired) electrons. The number of primary amides is 1. The molecule has 0 saturated heterocycles. The Balaban J connectivity index is 1.72. The van der Waals surface area contributed by atoms with Crippen molar-refractivity contribution in [1.29, 1.82) is 0 Å². The Hall–Kier alpha value is -3.72. The molecule has 0 aliphatic rings. The second kappa shape index (κ2) is 8.57. The van der Waals surface area contributed by atoms with E-state index in [1.165, 1.54) is 28.7 Å². The van der Waals surface area contributed by atoms with Crippen LogP contribution in [0.15, 0.2) is 60.5 Å². The van der Waals surface area contributed by atoms with Crippen LogP contribution in [0.25, 0.3) is 23.0 Å². The van der Waals surface area contributed by atoms with Crippen LogP contribution in [0.3, 0.4) is 0 Å². The number of carbonyl (C=O) groups excluding carboxylic acids is 1. The summed E-state index contributed by atoms with van der Waals surface area (Å²) in [7, 11) is 0. The van der Waals surface area contributed by atoms with Crippen LogP contribution < -0.4 is 5.73 Å². The van der Waals surface area contributed by atoms with E-state index in [0.29, 0.717) is 21.8 Å². The van der Waals surface area contributed by atoms with Crippen molar-refractivity contribution in [1.82, 2.24) is 19.7 Å². The van der Waals surface area contributed by atoms with Gasteiger partial charge in [-0.15, -0.1) is 11.3 Å². The number of hydrogen-bond acceptors (Lipinski definition) is 5. The summed E-state index contributed by atoms with van der Waals surface area (Å²) in [6, 6.07) is 10.1. The van der Waals surface area contributed by atoms with Crippen LogP contribution in [0.1, 0.15) is 33.8 Å². The van der Waals surface area contributed by atoms with Crippen molar-refractivity contribution < 1.29 is 13.6 Å². The van der Waals surface area contributed by atoms with Gasteiger partial charge in [-0.1, -0.05) is 19.1 Å². The Bertz CT molecular complexity index is 1250. The molecule has 156 valence electrons. The van der Waals surface area contributed by atoms with Gasteiger partial charge >= 0.3 is 0 Å². The lowest BCUT2D eigenvalue weighted by molar-refractivity contribution is 0.100. The summed E-state index contributed by atoms with van der Waals surface area (Å²) in [5, 5.41) is 6.63. The van der Waals surface area contributed by atoms with Crippen LogP contribution in [-0.2, 0) is 0 Å². The van der Waals surface area contributed by atoms with Gasteiger partial charge < -0.3 is 5.73 Å². The number of carbonyl (C=O) groups is 1. The Morgan fingerprint density at radius 1 is 1.19 bits per heavy atom. The molecule has 0 fully saturated rings. The first-order valence-electron chi connectivity index (χ1n) is 9.29. The average molecular weight is 437 g/mol. The first kappa shape index (κ1) is 20.5. The number of nitrogens with two attached hydrogens (primary N) is 1. The fourth-order valence-electron chi connectivity index (χ4n) is 3.12. The summed E-state index contributed by atoms with van der Waals surface area (Å²) >= 11 is 1.40. The fourth-order valence-corrected chi connectivity index (χ4v) is 4.02. The van der Waals surface area contributed by atoms with Crippen molar-refractivity contribution in [3.63, 3.8) is 0 Å². The van der Waals surface area contributed by atoms with E-state index in [2.05, 4.69) is 15.1 Å². The molecule has 0 spiro atoms. The first-order chi connectivity index (χ1) is 14.9. The molecule has 1 atom stereocenters. The van der Waals surface area contributed by atoms with Gasteiger partial charge in [0, 0.05) is 34.2 Å². The van der Waals surface area contributed by atoms with E-state index < -0.39 is 17.5 Å². The number of aromatic nitrogens is 4. The molecule has 31 heavy (non-hydrogen) atoms. The highest BCUT2D eigenvalue weighted by Crippen LogP contribution is 2.37. The van der Waals surface area contributed by atoms with E-state index in [4.69, 9.17) is 5.73 Å². The third-order valence-electron chi connectivity index (χ3n) is 4.77. The monoisotopic (exact) mass is 437 g/mol. The molecular weight excluding hydrogens is 420 g/mol. The quantitative estimate of drug-likeness (QED) is 0.478. The first-order valence-corrected chi connectivity index (χ1v) is 10.2. The van der Waals surface area contributed by atoms with Gasteiger partial charge in [-0.2, -0.15) is 5.10 Å². The normalized spacial score (nSPS) is 12.7. The van der Waals surface area contributed by atoms with Gasteiger partial charge in [0.25, 0.3) is 0 Å². The van der Waals surface area contributed by atoms with Crippen LogP contribution in [0.2, 0.25) is 0 Å². The summed E-state index contributed by atoms with van der Waals surface area (Å²) in [6.07, 6.45) is 4.44. The number of allylic oxidation sites excluding steroid dienone is 1. The number of benzene rings is 2. The highest BCUT2D eigenvalue weighted by Gasteiger charge is 2.21. The Morgan fingerprint density at radius 2 is 1.97 bits per heavy atom. The van der Waals surface area contributed by atoms with Gasteiger partial charge in [0.2, 0.25) is 5.91 Å². The van der Waals surface area contributed by atoms with Crippen molar-refractivity contribution >= 4 is 29.0 Å². The number of halogens is 2. The fraction of sp³-hybridized carbons (Fsp3) is 0.0909. The maximum atomic E-state index is 14.6. The highest BCUT2D eigenvalue weighted by atomic mass is 32.1. The lowest BCUT2D eigenvalue weighted by Crippen LogP contribution is -2.10. The lowest BCUT2D eigenvalue weighted by atomic mass is 9.94. The number of amides is 1. The van der Waals surface area contributed by atoms with Crippen molar-refractivity contribution in [2.75, 3.05) is 0 Å². The Labute approximate surface area is 180 Å². The van der Waals surface area contributed by atoms with Crippen LogP contribution in [0, 0.1) is 11.6 Å². The molecule has 1 amide bonds. The zero-order chi connectivity index (χ0) is 22.0. The van der Waals surface area contributed by atoms with Gasteiger partial charge in [-0.25, -0.2) is 23.4 Å². The van der Waals surface area contributed by atoms with Crippen molar-refractivity contribution in [2.45, 2.75) is 12.8 Å². The molecular formula is C22H17F2N5OS. The molecule has 0 bridgehead atoms. The SMILES string of the molecule is C[C@H](/C(=C\n1cncn1)c1cc(F)ccc1F)c1nc(-c2ccc(C(N)=O)cc2)cs1. The van der Waals surface area contributed by atoms with Gasteiger partial charge in [0.05, 0.1) is 5.69 Å². The second-order valence-corrected chi connectivity index (χ2v) is 7.71. The standard InChI is InChI=1S/C22H17F2N5OS/c1-13(22-28-20(10-31-22)14-2-4-15(5-3-14)21(25)30)18(9-29-12-26-11-27-29)17-8-16(23)6-7-19(17)24/h2-13H,1H3,(H2,25,30)/b18-9+/t13-/m1/s1.